The van der Waals surface area contributed by atoms with E-state index in [0.29, 0.717) is 24.7 Å². The molecule has 124 valence electrons. The fourth-order valence-corrected chi connectivity index (χ4v) is 3.27. The molecule has 2 amide bonds. The van der Waals surface area contributed by atoms with E-state index in [9.17, 15) is 9.59 Å². The average Bonchev–Trinajstić information content (AvgIpc) is 3.10. The van der Waals surface area contributed by atoms with Crippen LogP contribution < -0.4 is 10.2 Å². The number of nitrogens with zero attached hydrogens (tertiary/aromatic N) is 2. The number of nitrogens with one attached hydrogen (secondary N) is 1. The van der Waals surface area contributed by atoms with Crippen LogP contribution in [0.1, 0.15) is 32.6 Å². The first-order chi connectivity index (χ1) is 11.1. The highest BCUT2D eigenvalue weighted by molar-refractivity contribution is 6.39. The molecular weight excluding hydrogens is 290 g/mol. The van der Waals surface area contributed by atoms with E-state index < -0.39 is 11.8 Å². The number of hydrogen-bond donors (Lipinski definition) is 1. The third kappa shape index (κ3) is 3.84. The highest BCUT2D eigenvalue weighted by Gasteiger charge is 2.25. The maximum atomic E-state index is 12.2. The molecule has 23 heavy (non-hydrogen) atoms. The van der Waals surface area contributed by atoms with E-state index in [-0.39, 0.29) is 0 Å². The van der Waals surface area contributed by atoms with Gasteiger partial charge in [0.2, 0.25) is 0 Å². The average molecular weight is 315 g/mol. The van der Waals surface area contributed by atoms with E-state index in [4.69, 9.17) is 0 Å². The number of anilines is 2. The van der Waals surface area contributed by atoms with Crippen molar-refractivity contribution in [1.82, 2.24) is 4.90 Å². The van der Waals surface area contributed by atoms with Crippen LogP contribution in [0.2, 0.25) is 0 Å². The van der Waals surface area contributed by atoms with Crippen LogP contribution in [0.25, 0.3) is 0 Å². The van der Waals surface area contributed by atoms with Crippen LogP contribution in [0.3, 0.4) is 0 Å². The van der Waals surface area contributed by atoms with Gasteiger partial charge >= 0.3 is 11.8 Å². The molecule has 5 nitrogen and oxygen atoms in total. The van der Waals surface area contributed by atoms with Crippen molar-refractivity contribution >= 4 is 23.2 Å². The third-order valence-corrected chi connectivity index (χ3v) is 4.86. The van der Waals surface area contributed by atoms with Gasteiger partial charge in [0.15, 0.2) is 0 Å². The summed E-state index contributed by atoms with van der Waals surface area (Å²) in [6.07, 6.45) is 4.43. The summed E-state index contributed by atoms with van der Waals surface area (Å²) < 4.78 is 0. The lowest BCUT2D eigenvalue weighted by molar-refractivity contribution is -0.144. The fraction of sp³-hybridized carbons (Fsp3) is 0.556. The molecule has 2 aliphatic heterocycles. The summed E-state index contributed by atoms with van der Waals surface area (Å²) in [5.41, 5.74) is 1.86. The van der Waals surface area contributed by atoms with Crippen LogP contribution in [-0.4, -0.2) is 42.9 Å². The Bertz CT molecular complexity index is 556. The molecule has 0 spiro atoms. The molecule has 0 aromatic heterocycles. The lowest BCUT2D eigenvalue weighted by atomic mass is 9.99. The Morgan fingerprint density at radius 1 is 1.00 bits per heavy atom. The summed E-state index contributed by atoms with van der Waals surface area (Å²) >= 11 is 0. The van der Waals surface area contributed by atoms with Crippen LogP contribution in [-0.2, 0) is 9.59 Å². The molecular formula is C18H25N3O2. The van der Waals surface area contributed by atoms with Gasteiger partial charge in [-0.15, -0.1) is 0 Å². The lowest BCUT2D eigenvalue weighted by Gasteiger charge is -2.29. The number of carbonyl (C=O) groups is 2. The van der Waals surface area contributed by atoms with Gasteiger partial charge in [0.05, 0.1) is 0 Å². The number of piperidine rings is 1. The van der Waals surface area contributed by atoms with Crippen molar-refractivity contribution in [3.05, 3.63) is 24.3 Å². The molecule has 0 atom stereocenters. The van der Waals surface area contributed by atoms with Crippen molar-refractivity contribution in [2.24, 2.45) is 5.92 Å². The molecule has 1 N–H and O–H groups in total. The van der Waals surface area contributed by atoms with E-state index in [2.05, 4.69) is 17.1 Å². The summed E-state index contributed by atoms with van der Waals surface area (Å²) in [5.74, 6) is -0.311. The van der Waals surface area contributed by atoms with E-state index >= 15 is 0 Å². The van der Waals surface area contributed by atoms with Gasteiger partial charge in [0.25, 0.3) is 0 Å². The molecule has 3 rings (SSSR count). The molecule has 2 saturated heterocycles. The van der Waals surface area contributed by atoms with Crippen LogP contribution >= 0.6 is 0 Å². The number of rotatable bonds is 2. The highest BCUT2D eigenvalue weighted by atomic mass is 16.2. The van der Waals surface area contributed by atoms with Crippen LogP contribution in [0.4, 0.5) is 11.4 Å². The molecule has 1 aromatic rings. The Balaban J connectivity index is 1.55. The number of benzene rings is 1. The summed E-state index contributed by atoms with van der Waals surface area (Å²) in [6, 6.07) is 7.76. The first-order valence-corrected chi connectivity index (χ1v) is 8.59. The van der Waals surface area contributed by atoms with Gasteiger partial charge in [-0.3, -0.25) is 9.59 Å². The van der Waals surface area contributed by atoms with Crippen LogP contribution in [0.5, 0.6) is 0 Å². The zero-order valence-corrected chi connectivity index (χ0v) is 13.8. The van der Waals surface area contributed by atoms with Crippen molar-refractivity contribution in [1.29, 1.82) is 0 Å². The second-order valence-electron chi connectivity index (χ2n) is 6.67. The fourth-order valence-electron chi connectivity index (χ4n) is 3.27. The summed E-state index contributed by atoms with van der Waals surface area (Å²) in [4.78, 5) is 28.3. The highest BCUT2D eigenvalue weighted by Crippen LogP contribution is 2.22. The second kappa shape index (κ2) is 7.02. The predicted octanol–water partition coefficient (Wildman–Crippen LogP) is 2.48. The molecule has 0 unspecified atom stereocenters. The van der Waals surface area contributed by atoms with E-state index in [0.717, 1.165) is 25.9 Å². The normalized spacial score (nSPS) is 19.0. The number of likely N-dealkylation sites (tertiary alicyclic amines) is 1. The molecule has 2 aliphatic rings. The van der Waals surface area contributed by atoms with E-state index in [1.54, 1.807) is 4.90 Å². The minimum absolute atomic E-state index is 0.416. The predicted molar refractivity (Wildman–Crippen MR) is 91.5 cm³/mol. The summed E-state index contributed by atoms with van der Waals surface area (Å²) in [6.45, 7) is 5.74. The van der Waals surface area contributed by atoms with Crippen molar-refractivity contribution in [2.75, 3.05) is 36.4 Å². The molecule has 0 aliphatic carbocycles. The first-order valence-electron chi connectivity index (χ1n) is 8.59. The SMILES string of the molecule is CC1CCN(C(=O)C(=O)Nc2ccc(N3CCCC3)cc2)CC1. The summed E-state index contributed by atoms with van der Waals surface area (Å²) in [7, 11) is 0. The van der Waals surface area contributed by atoms with Gasteiger partial charge in [0.1, 0.15) is 0 Å². The van der Waals surface area contributed by atoms with Gasteiger partial charge in [-0.05, 0) is 55.9 Å². The first kappa shape index (κ1) is 15.8. The van der Waals surface area contributed by atoms with Crippen molar-refractivity contribution in [2.45, 2.75) is 32.6 Å². The molecule has 2 fully saturated rings. The van der Waals surface area contributed by atoms with Gasteiger partial charge in [0, 0.05) is 37.6 Å². The minimum atomic E-state index is -0.534. The van der Waals surface area contributed by atoms with Crippen molar-refractivity contribution in [3.8, 4) is 0 Å². The smallest absolute Gasteiger partial charge is 0.313 e. The maximum absolute atomic E-state index is 12.2. The Hall–Kier alpha value is -2.04. The molecule has 0 saturated carbocycles. The zero-order valence-electron chi connectivity index (χ0n) is 13.8. The Labute approximate surface area is 137 Å². The quantitative estimate of drug-likeness (QED) is 0.853. The molecule has 1 aromatic carbocycles. The zero-order chi connectivity index (χ0) is 16.2. The minimum Gasteiger partial charge on any atom is -0.372 e. The number of amides is 2. The second-order valence-corrected chi connectivity index (χ2v) is 6.67. The Morgan fingerprint density at radius 3 is 2.22 bits per heavy atom. The maximum Gasteiger partial charge on any atom is 0.313 e. The Morgan fingerprint density at radius 2 is 1.61 bits per heavy atom. The van der Waals surface area contributed by atoms with Gasteiger partial charge in [-0.1, -0.05) is 6.92 Å². The van der Waals surface area contributed by atoms with E-state index in [1.807, 2.05) is 24.3 Å². The lowest BCUT2D eigenvalue weighted by Crippen LogP contribution is -2.43. The largest absolute Gasteiger partial charge is 0.372 e. The van der Waals surface area contributed by atoms with Gasteiger partial charge < -0.3 is 15.1 Å². The topological polar surface area (TPSA) is 52.7 Å². The molecule has 0 radical (unpaired) electrons. The van der Waals surface area contributed by atoms with Gasteiger partial charge in [-0.2, -0.15) is 0 Å². The summed E-state index contributed by atoms with van der Waals surface area (Å²) in [5, 5.41) is 2.72. The monoisotopic (exact) mass is 315 g/mol. The third-order valence-electron chi connectivity index (χ3n) is 4.86. The Kier molecular flexibility index (Phi) is 4.84. The molecule has 2 heterocycles. The standard InChI is InChI=1S/C18H25N3O2/c1-14-8-12-21(13-9-14)18(23)17(22)19-15-4-6-16(7-5-15)20-10-2-3-11-20/h4-7,14H,2-3,8-13H2,1H3,(H,19,22). The van der Waals surface area contributed by atoms with Crippen molar-refractivity contribution in [3.63, 3.8) is 0 Å². The van der Waals surface area contributed by atoms with E-state index in [1.165, 1.54) is 18.5 Å². The van der Waals surface area contributed by atoms with Crippen molar-refractivity contribution < 1.29 is 9.59 Å². The molecule has 5 heteroatoms. The number of hydrogen-bond acceptors (Lipinski definition) is 3. The molecule has 0 bridgehead atoms. The van der Waals surface area contributed by atoms with Gasteiger partial charge in [-0.25, -0.2) is 0 Å². The van der Waals surface area contributed by atoms with Crippen LogP contribution in [0.15, 0.2) is 24.3 Å². The number of carbonyl (C=O) groups excluding carboxylic acids is 2. The van der Waals surface area contributed by atoms with Crippen LogP contribution in [0, 0.1) is 5.92 Å².